The molecule has 0 spiro atoms. The van der Waals surface area contributed by atoms with E-state index in [9.17, 15) is 19.8 Å². The zero-order valence-corrected chi connectivity index (χ0v) is 24.0. The van der Waals surface area contributed by atoms with Gasteiger partial charge in [0.1, 0.15) is 11.3 Å². The first-order valence-electron chi connectivity index (χ1n) is 14.1. The quantitative estimate of drug-likeness (QED) is 0.123. The van der Waals surface area contributed by atoms with E-state index in [-0.39, 0.29) is 23.5 Å². The third kappa shape index (κ3) is 13.2. The van der Waals surface area contributed by atoms with E-state index in [0.29, 0.717) is 5.56 Å². The summed E-state index contributed by atoms with van der Waals surface area (Å²) in [4.78, 5) is 24.5. The summed E-state index contributed by atoms with van der Waals surface area (Å²) in [5.74, 6) is -0.352. The van der Waals surface area contributed by atoms with E-state index >= 15 is 0 Å². The number of aromatic carboxylic acids is 1. The van der Waals surface area contributed by atoms with E-state index < -0.39 is 10.7 Å². The Morgan fingerprint density at radius 3 is 2.05 bits per heavy atom. The van der Waals surface area contributed by atoms with Crippen LogP contribution in [0.2, 0.25) is 0 Å². The number of aromatic hydroxyl groups is 1. The van der Waals surface area contributed by atoms with Gasteiger partial charge in [-0.05, 0) is 74.8 Å². The lowest BCUT2D eigenvalue weighted by atomic mass is 9.91. The largest absolute Gasteiger partial charge is 0.507 e. The van der Waals surface area contributed by atoms with Gasteiger partial charge in [-0.25, -0.2) is 4.79 Å². The standard InChI is InChI=1S/C32H48O4S/c1-4-7-8-9-10-11-12-13-14-15-16-17-18-19-20-21-24-37-32(5-2,6-3)30(34)26-27-22-23-29(33)28(25-27)31(35)36/h7-8,10-11,13-14,22-23,25,33H,4-6,9,12,15-21,24,26H2,1-3H3,(H,35,36)/b8-7-,11-10-,14-13-. The number of phenols is 1. The second-order valence-electron chi connectivity index (χ2n) is 9.51. The van der Waals surface area contributed by atoms with Gasteiger partial charge in [-0.15, -0.1) is 11.8 Å². The topological polar surface area (TPSA) is 74.6 Å². The second-order valence-corrected chi connectivity index (χ2v) is 11.0. The van der Waals surface area contributed by atoms with Gasteiger partial charge in [0.2, 0.25) is 0 Å². The number of Topliss-reactive ketones (excluding diaryl/α,β-unsaturated/α-hetero) is 1. The molecule has 0 aliphatic rings. The van der Waals surface area contributed by atoms with Crippen LogP contribution in [0, 0.1) is 0 Å². The Kier molecular flexibility index (Phi) is 17.5. The minimum absolute atomic E-state index is 0.140. The van der Waals surface area contributed by atoms with Gasteiger partial charge in [0.25, 0.3) is 0 Å². The predicted molar refractivity (Wildman–Crippen MR) is 159 cm³/mol. The molecule has 0 bridgehead atoms. The van der Waals surface area contributed by atoms with Crippen LogP contribution in [0.3, 0.4) is 0 Å². The zero-order valence-electron chi connectivity index (χ0n) is 23.2. The van der Waals surface area contributed by atoms with Gasteiger partial charge in [0.05, 0.1) is 4.75 Å². The van der Waals surface area contributed by atoms with Crippen LogP contribution < -0.4 is 0 Å². The Morgan fingerprint density at radius 1 is 0.838 bits per heavy atom. The van der Waals surface area contributed by atoms with Crippen molar-refractivity contribution in [2.45, 2.75) is 109 Å². The van der Waals surface area contributed by atoms with Crippen LogP contribution in [0.15, 0.2) is 54.7 Å². The van der Waals surface area contributed by atoms with Crippen LogP contribution in [0.25, 0.3) is 0 Å². The molecule has 1 aromatic carbocycles. The summed E-state index contributed by atoms with van der Waals surface area (Å²) >= 11 is 1.76. The lowest BCUT2D eigenvalue weighted by molar-refractivity contribution is -0.120. The first-order chi connectivity index (χ1) is 17.9. The number of benzene rings is 1. The lowest BCUT2D eigenvalue weighted by Crippen LogP contribution is -2.35. The third-order valence-electron chi connectivity index (χ3n) is 6.73. The Labute approximate surface area is 229 Å². The Morgan fingerprint density at radius 2 is 1.43 bits per heavy atom. The van der Waals surface area contributed by atoms with E-state index in [1.54, 1.807) is 17.8 Å². The van der Waals surface area contributed by atoms with Gasteiger partial charge in [-0.1, -0.05) is 89.0 Å². The number of allylic oxidation sites excluding steroid dienone is 6. The fourth-order valence-electron chi connectivity index (χ4n) is 4.31. The Hall–Kier alpha value is -2.27. The maximum absolute atomic E-state index is 13.2. The first-order valence-corrected chi connectivity index (χ1v) is 15.1. The molecule has 37 heavy (non-hydrogen) atoms. The molecule has 0 aromatic heterocycles. The molecule has 0 heterocycles. The number of ketones is 1. The van der Waals surface area contributed by atoms with E-state index in [2.05, 4.69) is 57.2 Å². The van der Waals surface area contributed by atoms with E-state index in [1.165, 1.54) is 44.2 Å². The third-order valence-corrected chi connectivity index (χ3v) is 8.58. The zero-order chi connectivity index (χ0) is 27.4. The molecule has 0 amide bonds. The van der Waals surface area contributed by atoms with Gasteiger partial charge >= 0.3 is 5.97 Å². The maximum atomic E-state index is 13.2. The second kappa shape index (κ2) is 19.8. The van der Waals surface area contributed by atoms with Crippen molar-refractivity contribution in [2.24, 2.45) is 0 Å². The summed E-state index contributed by atoms with van der Waals surface area (Å²) in [6.45, 7) is 6.27. The van der Waals surface area contributed by atoms with Gasteiger partial charge in [-0.2, -0.15) is 0 Å². The van der Waals surface area contributed by atoms with E-state index in [4.69, 9.17) is 0 Å². The molecule has 0 radical (unpaired) electrons. The van der Waals surface area contributed by atoms with Crippen molar-refractivity contribution in [2.75, 3.05) is 5.75 Å². The lowest BCUT2D eigenvalue weighted by Gasteiger charge is -2.30. The van der Waals surface area contributed by atoms with Crippen molar-refractivity contribution >= 4 is 23.5 Å². The molecule has 0 atom stereocenters. The summed E-state index contributed by atoms with van der Waals surface area (Å²) in [5.41, 5.74) is 0.481. The number of hydrogen-bond acceptors (Lipinski definition) is 4. The highest BCUT2D eigenvalue weighted by Gasteiger charge is 2.34. The molecule has 1 rings (SSSR count). The summed E-state index contributed by atoms with van der Waals surface area (Å²) in [6.07, 6.45) is 26.8. The van der Waals surface area contributed by atoms with Crippen LogP contribution in [-0.2, 0) is 11.2 Å². The minimum atomic E-state index is -1.19. The molecule has 0 aliphatic carbocycles. The average molecular weight is 529 g/mol. The molecule has 1 aromatic rings. The van der Waals surface area contributed by atoms with Crippen molar-refractivity contribution in [3.63, 3.8) is 0 Å². The van der Waals surface area contributed by atoms with Crippen LogP contribution in [-0.4, -0.2) is 32.5 Å². The molecule has 4 nitrogen and oxygen atoms in total. The number of thioether (sulfide) groups is 1. The number of carboxylic acid groups (broad SMARTS) is 1. The molecule has 2 N–H and O–H groups in total. The first kappa shape index (κ1) is 32.8. The SMILES string of the molecule is CC/C=C\C/C=C\C/C=C\CCCCCCCCSC(CC)(CC)C(=O)Cc1ccc(O)c(C(=O)O)c1. The minimum Gasteiger partial charge on any atom is -0.507 e. The van der Waals surface area contributed by atoms with Crippen molar-refractivity contribution in [1.82, 2.24) is 0 Å². The van der Waals surface area contributed by atoms with Crippen molar-refractivity contribution in [3.8, 4) is 5.75 Å². The van der Waals surface area contributed by atoms with Crippen LogP contribution in [0.4, 0.5) is 0 Å². The van der Waals surface area contributed by atoms with E-state index in [0.717, 1.165) is 50.7 Å². The molecule has 0 fully saturated rings. The van der Waals surface area contributed by atoms with E-state index in [1.807, 2.05) is 0 Å². The summed E-state index contributed by atoms with van der Waals surface area (Å²) in [7, 11) is 0. The van der Waals surface area contributed by atoms with Crippen molar-refractivity contribution in [3.05, 3.63) is 65.8 Å². The number of carbonyl (C=O) groups excluding carboxylic acids is 1. The number of rotatable bonds is 21. The monoisotopic (exact) mass is 528 g/mol. The Bertz CT molecular complexity index is 881. The van der Waals surface area contributed by atoms with Gasteiger partial charge in [0.15, 0.2) is 5.78 Å². The normalized spacial score (nSPS) is 12.3. The number of carboxylic acids is 1. The molecule has 0 aliphatic heterocycles. The fraction of sp³-hybridized carbons (Fsp3) is 0.562. The molecular weight excluding hydrogens is 480 g/mol. The van der Waals surface area contributed by atoms with Gasteiger partial charge < -0.3 is 10.2 Å². The van der Waals surface area contributed by atoms with Gasteiger partial charge in [0, 0.05) is 6.42 Å². The number of unbranched alkanes of at least 4 members (excludes halogenated alkanes) is 6. The number of carbonyl (C=O) groups is 2. The summed E-state index contributed by atoms with van der Waals surface area (Å²) < 4.78 is -0.436. The molecule has 206 valence electrons. The molecule has 5 heteroatoms. The van der Waals surface area contributed by atoms with Crippen LogP contribution in [0.5, 0.6) is 5.75 Å². The average Bonchev–Trinajstić information content (AvgIpc) is 2.89. The van der Waals surface area contributed by atoms with Crippen LogP contribution in [0.1, 0.15) is 114 Å². The highest BCUT2D eigenvalue weighted by atomic mass is 32.2. The maximum Gasteiger partial charge on any atom is 0.339 e. The molecule has 0 saturated heterocycles. The molecule has 0 unspecified atom stereocenters. The highest BCUT2D eigenvalue weighted by Crippen LogP contribution is 2.36. The Balaban J connectivity index is 2.26. The van der Waals surface area contributed by atoms with Crippen molar-refractivity contribution in [1.29, 1.82) is 0 Å². The van der Waals surface area contributed by atoms with Crippen LogP contribution >= 0.6 is 11.8 Å². The predicted octanol–water partition coefficient (Wildman–Crippen LogP) is 9.08. The van der Waals surface area contributed by atoms with Crippen molar-refractivity contribution < 1.29 is 19.8 Å². The molecular formula is C32H48O4S. The number of hydrogen-bond donors (Lipinski definition) is 2. The van der Waals surface area contributed by atoms with Gasteiger partial charge in [-0.3, -0.25) is 4.79 Å². The molecule has 0 saturated carbocycles. The smallest absolute Gasteiger partial charge is 0.339 e. The summed E-state index contributed by atoms with van der Waals surface area (Å²) in [6, 6.07) is 4.41. The summed E-state index contributed by atoms with van der Waals surface area (Å²) in [5, 5.41) is 19.0. The highest BCUT2D eigenvalue weighted by molar-refractivity contribution is 8.01. The fourth-order valence-corrected chi connectivity index (χ4v) is 5.69.